The maximum atomic E-state index is 12.5. The topological polar surface area (TPSA) is 90.2 Å². The van der Waals surface area contributed by atoms with Crippen LogP contribution in [0.3, 0.4) is 0 Å². The molecule has 204 valence electrons. The van der Waals surface area contributed by atoms with E-state index in [9.17, 15) is 4.79 Å². The number of hydrogen-bond donors (Lipinski definition) is 1. The molecule has 2 N–H and O–H groups in total. The monoisotopic (exact) mass is 548 g/mol. The van der Waals surface area contributed by atoms with Crippen LogP contribution in [-0.4, -0.2) is 81.5 Å². The molecule has 3 aromatic rings. The van der Waals surface area contributed by atoms with E-state index in [1.807, 2.05) is 18.2 Å². The molecule has 0 radical (unpaired) electrons. The molecule has 8 nitrogen and oxygen atoms in total. The molecule has 1 aromatic heterocycles. The van der Waals surface area contributed by atoms with Crippen LogP contribution in [0.25, 0.3) is 22.5 Å². The molecule has 2 saturated heterocycles. The molecule has 0 saturated carbocycles. The first kappa shape index (κ1) is 26.1. The fraction of sp³-hybridized carbons (Fsp3) is 0.400. The average Bonchev–Trinajstić information content (AvgIpc) is 3.34. The predicted molar refractivity (Wildman–Crippen MR) is 152 cm³/mol. The lowest BCUT2D eigenvalue weighted by molar-refractivity contribution is 0.0358. The first-order valence-electron chi connectivity index (χ1n) is 13.6. The van der Waals surface area contributed by atoms with Crippen molar-refractivity contribution in [3.8, 4) is 28.3 Å². The summed E-state index contributed by atoms with van der Waals surface area (Å²) in [7, 11) is 0. The fourth-order valence-electron chi connectivity index (χ4n) is 5.58. The van der Waals surface area contributed by atoms with Gasteiger partial charge < -0.3 is 24.8 Å². The van der Waals surface area contributed by atoms with Crippen molar-refractivity contribution >= 4 is 23.2 Å². The highest BCUT2D eigenvalue weighted by Crippen LogP contribution is 2.41. The summed E-state index contributed by atoms with van der Waals surface area (Å²) < 4.78 is 16.9. The number of nitrogens with two attached hydrogens (primary N) is 1. The first-order valence-corrected chi connectivity index (χ1v) is 14.0. The van der Waals surface area contributed by atoms with Gasteiger partial charge in [0.2, 0.25) is 5.91 Å². The van der Waals surface area contributed by atoms with Gasteiger partial charge in [-0.2, -0.15) is 0 Å². The van der Waals surface area contributed by atoms with E-state index in [-0.39, 0.29) is 0 Å². The lowest BCUT2D eigenvalue weighted by Gasteiger charge is -2.29. The maximum Gasteiger partial charge on any atom is 0.249 e. The van der Waals surface area contributed by atoms with Crippen LogP contribution in [0.2, 0.25) is 5.02 Å². The van der Waals surface area contributed by atoms with Gasteiger partial charge in [-0.05, 0) is 53.9 Å². The van der Waals surface area contributed by atoms with Crippen molar-refractivity contribution in [2.45, 2.75) is 12.8 Å². The van der Waals surface area contributed by atoms with Gasteiger partial charge in [-0.15, -0.1) is 0 Å². The van der Waals surface area contributed by atoms with Crippen LogP contribution in [0.15, 0.2) is 42.5 Å². The van der Waals surface area contributed by atoms with Crippen molar-refractivity contribution in [2.75, 3.05) is 70.7 Å². The number of carbonyl (C=O) groups is 1. The van der Waals surface area contributed by atoms with Gasteiger partial charge in [0.15, 0.2) is 0 Å². The SMILES string of the molecule is NC(=O)c1cc(-c2ccc(OCCCN3CCOCC3)c(Cl)c2)nc2c1Cc1cc(N3CCOCC3)ccc1-2. The van der Waals surface area contributed by atoms with Gasteiger partial charge >= 0.3 is 0 Å². The van der Waals surface area contributed by atoms with E-state index >= 15 is 0 Å². The van der Waals surface area contributed by atoms with Crippen molar-refractivity contribution in [3.05, 3.63) is 64.2 Å². The lowest BCUT2D eigenvalue weighted by atomic mass is 10.0. The highest BCUT2D eigenvalue weighted by atomic mass is 35.5. The van der Waals surface area contributed by atoms with Crippen molar-refractivity contribution in [2.24, 2.45) is 5.73 Å². The molecule has 1 amide bonds. The van der Waals surface area contributed by atoms with Gasteiger partial charge in [-0.25, -0.2) is 4.98 Å². The van der Waals surface area contributed by atoms with Crippen LogP contribution in [0, 0.1) is 0 Å². The third-order valence-corrected chi connectivity index (χ3v) is 7.98. The summed E-state index contributed by atoms with van der Waals surface area (Å²) in [6.45, 7) is 8.29. The number of anilines is 1. The number of nitrogens with zero attached hydrogens (tertiary/aromatic N) is 3. The summed E-state index contributed by atoms with van der Waals surface area (Å²) in [5.74, 6) is 0.182. The number of primary amides is 1. The van der Waals surface area contributed by atoms with E-state index in [1.165, 1.54) is 0 Å². The summed E-state index contributed by atoms with van der Waals surface area (Å²) in [4.78, 5) is 22.2. The molecule has 39 heavy (non-hydrogen) atoms. The normalized spacial score (nSPS) is 17.1. The van der Waals surface area contributed by atoms with E-state index in [0.717, 1.165) is 99.2 Å². The molecular formula is C30H33ClN4O4. The minimum Gasteiger partial charge on any atom is -0.492 e. The summed E-state index contributed by atoms with van der Waals surface area (Å²) >= 11 is 6.61. The zero-order valence-electron chi connectivity index (χ0n) is 22.0. The second kappa shape index (κ2) is 11.5. The van der Waals surface area contributed by atoms with Crippen molar-refractivity contribution in [1.82, 2.24) is 9.88 Å². The minimum absolute atomic E-state index is 0.456. The average molecular weight is 549 g/mol. The first-order chi connectivity index (χ1) is 19.1. The smallest absolute Gasteiger partial charge is 0.249 e. The number of amides is 1. The van der Waals surface area contributed by atoms with Crippen LogP contribution in [0.1, 0.15) is 27.9 Å². The molecular weight excluding hydrogens is 516 g/mol. The van der Waals surface area contributed by atoms with Crippen LogP contribution in [0.5, 0.6) is 5.75 Å². The van der Waals surface area contributed by atoms with Crippen LogP contribution < -0.4 is 15.4 Å². The number of hydrogen-bond acceptors (Lipinski definition) is 7. The molecule has 0 unspecified atom stereocenters. The van der Waals surface area contributed by atoms with E-state index in [0.29, 0.717) is 35.1 Å². The molecule has 6 rings (SSSR count). The van der Waals surface area contributed by atoms with Crippen LogP contribution in [0.4, 0.5) is 5.69 Å². The summed E-state index contributed by atoms with van der Waals surface area (Å²) in [5.41, 5.74) is 12.9. The fourth-order valence-corrected chi connectivity index (χ4v) is 5.81. The minimum atomic E-state index is -0.456. The second-order valence-corrected chi connectivity index (χ2v) is 10.6. The van der Waals surface area contributed by atoms with Crippen molar-refractivity contribution in [3.63, 3.8) is 0 Å². The van der Waals surface area contributed by atoms with Crippen molar-refractivity contribution in [1.29, 1.82) is 0 Å². The summed E-state index contributed by atoms with van der Waals surface area (Å²) in [6.07, 6.45) is 1.55. The zero-order valence-corrected chi connectivity index (χ0v) is 22.7. The Kier molecular flexibility index (Phi) is 7.70. The Morgan fingerprint density at radius 1 is 1.00 bits per heavy atom. The highest BCUT2D eigenvalue weighted by molar-refractivity contribution is 6.32. The Morgan fingerprint density at radius 3 is 2.51 bits per heavy atom. The molecule has 3 heterocycles. The molecule has 2 aromatic carbocycles. The molecule has 9 heteroatoms. The Balaban J connectivity index is 1.21. The van der Waals surface area contributed by atoms with E-state index in [1.54, 1.807) is 6.07 Å². The number of aromatic nitrogens is 1. The summed E-state index contributed by atoms with van der Waals surface area (Å²) in [5, 5.41) is 0.511. The third kappa shape index (κ3) is 5.61. The number of rotatable bonds is 8. The maximum absolute atomic E-state index is 12.5. The summed E-state index contributed by atoms with van der Waals surface area (Å²) in [6, 6.07) is 13.9. The molecule has 2 aliphatic heterocycles. The van der Waals surface area contributed by atoms with Gasteiger partial charge in [0.05, 0.1) is 49.4 Å². The van der Waals surface area contributed by atoms with Gasteiger partial charge in [-0.1, -0.05) is 17.7 Å². The Labute approximate surface area is 233 Å². The third-order valence-electron chi connectivity index (χ3n) is 7.68. The largest absolute Gasteiger partial charge is 0.492 e. The van der Waals surface area contributed by atoms with Crippen molar-refractivity contribution < 1.29 is 19.0 Å². The van der Waals surface area contributed by atoms with Crippen LogP contribution >= 0.6 is 11.6 Å². The number of carbonyl (C=O) groups excluding carboxylic acids is 1. The van der Waals surface area contributed by atoms with E-state index in [2.05, 4.69) is 28.0 Å². The van der Waals surface area contributed by atoms with Gasteiger partial charge in [0.25, 0.3) is 0 Å². The number of halogens is 1. The molecule has 2 fully saturated rings. The Bertz CT molecular complexity index is 1370. The molecule has 0 bridgehead atoms. The number of fused-ring (bicyclic) bond motifs is 3. The van der Waals surface area contributed by atoms with Gasteiger partial charge in [0, 0.05) is 61.5 Å². The Morgan fingerprint density at radius 2 is 1.77 bits per heavy atom. The number of ether oxygens (including phenoxy) is 3. The van der Waals surface area contributed by atoms with Gasteiger partial charge in [-0.3, -0.25) is 9.69 Å². The van der Waals surface area contributed by atoms with E-state index in [4.69, 9.17) is 36.5 Å². The number of morpholine rings is 2. The molecule has 0 atom stereocenters. The number of benzene rings is 2. The molecule has 3 aliphatic rings. The number of pyridine rings is 1. The highest BCUT2D eigenvalue weighted by Gasteiger charge is 2.27. The second-order valence-electron chi connectivity index (χ2n) is 10.2. The zero-order chi connectivity index (χ0) is 26.8. The molecule has 1 aliphatic carbocycles. The standard InChI is InChI=1S/C30H33ClN4O4/c31-26-18-20(2-5-28(26)39-11-1-6-34-7-12-37-13-8-34)27-19-25(30(32)36)24-17-21-16-22(35-9-14-38-15-10-35)3-4-23(21)29(24)33-27/h2-5,16,18-19H,1,6-15,17H2,(H2,32,36). The van der Waals surface area contributed by atoms with E-state index < -0.39 is 5.91 Å². The lowest BCUT2D eigenvalue weighted by Crippen LogP contribution is -2.37. The Hall–Kier alpha value is -3.17. The molecule has 0 spiro atoms. The van der Waals surface area contributed by atoms with Gasteiger partial charge in [0.1, 0.15) is 5.75 Å². The quantitative estimate of drug-likeness (QED) is 0.333. The predicted octanol–water partition coefficient (Wildman–Crippen LogP) is 4.01. The van der Waals surface area contributed by atoms with Crippen LogP contribution in [-0.2, 0) is 15.9 Å².